The third-order valence-corrected chi connectivity index (χ3v) is 4.16. The Morgan fingerprint density at radius 3 is 3.00 bits per heavy atom. The number of aryl methyl sites for hydroxylation is 1. The Morgan fingerprint density at radius 2 is 2.29 bits per heavy atom. The monoisotopic (exact) mass is 287 g/mol. The van der Waals surface area contributed by atoms with Gasteiger partial charge in [-0.2, -0.15) is 0 Å². The van der Waals surface area contributed by atoms with Gasteiger partial charge < -0.3 is 9.64 Å². The predicted octanol–water partition coefficient (Wildman–Crippen LogP) is 2.52. The summed E-state index contributed by atoms with van der Waals surface area (Å²) in [4.78, 5) is 19.3. The van der Waals surface area contributed by atoms with E-state index in [0.717, 1.165) is 25.2 Å². The van der Waals surface area contributed by atoms with Crippen molar-refractivity contribution in [3.8, 4) is 5.75 Å². The third-order valence-electron chi connectivity index (χ3n) is 4.16. The number of hydrogen-bond donors (Lipinski definition) is 0. The fourth-order valence-electron chi connectivity index (χ4n) is 3.10. The molecule has 0 spiro atoms. The van der Waals surface area contributed by atoms with Crippen molar-refractivity contribution in [2.45, 2.75) is 26.7 Å². The molecule has 2 aromatic heterocycles. The molecule has 112 valence electrons. The number of likely N-dealkylation sites (tertiary alicyclic amines) is 1. The van der Waals surface area contributed by atoms with Gasteiger partial charge in [-0.3, -0.25) is 9.20 Å². The molecule has 1 unspecified atom stereocenters. The van der Waals surface area contributed by atoms with Crippen molar-refractivity contribution in [2.75, 3.05) is 20.2 Å². The highest BCUT2D eigenvalue weighted by molar-refractivity contribution is 5.95. The average molecular weight is 287 g/mol. The number of carbonyl (C=O) groups is 1. The van der Waals surface area contributed by atoms with E-state index in [0.29, 0.717) is 23.0 Å². The Labute approximate surface area is 124 Å². The van der Waals surface area contributed by atoms with E-state index < -0.39 is 0 Å². The fraction of sp³-hybridized carbons (Fsp3) is 0.500. The predicted molar refractivity (Wildman–Crippen MR) is 80.8 cm³/mol. The van der Waals surface area contributed by atoms with Gasteiger partial charge in [-0.15, -0.1) is 0 Å². The third kappa shape index (κ3) is 2.37. The maximum atomic E-state index is 12.9. The zero-order chi connectivity index (χ0) is 15.0. The number of aromatic nitrogens is 2. The van der Waals surface area contributed by atoms with E-state index in [1.54, 1.807) is 7.11 Å². The Balaban J connectivity index is 2.03. The van der Waals surface area contributed by atoms with Gasteiger partial charge in [0.15, 0.2) is 11.4 Å². The van der Waals surface area contributed by atoms with Crippen LogP contribution in [-0.2, 0) is 0 Å². The fourth-order valence-corrected chi connectivity index (χ4v) is 3.10. The summed E-state index contributed by atoms with van der Waals surface area (Å²) in [6.07, 6.45) is 4.15. The number of carbonyl (C=O) groups excluding carboxylic acids is 1. The van der Waals surface area contributed by atoms with Crippen LogP contribution in [0, 0.1) is 12.8 Å². The minimum absolute atomic E-state index is 0.0693. The number of rotatable bonds is 2. The second-order valence-electron chi connectivity index (χ2n) is 5.81. The van der Waals surface area contributed by atoms with Gasteiger partial charge in [0.25, 0.3) is 5.91 Å². The van der Waals surface area contributed by atoms with E-state index in [1.165, 1.54) is 6.42 Å². The smallest absolute Gasteiger partial charge is 0.272 e. The molecule has 5 nitrogen and oxygen atoms in total. The summed E-state index contributed by atoms with van der Waals surface area (Å²) in [6.45, 7) is 5.74. The van der Waals surface area contributed by atoms with E-state index in [1.807, 2.05) is 34.6 Å². The highest BCUT2D eigenvalue weighted by atomic mass is 16.5. The molecule has 1 fully saturated rings. The van der Waals surface area contributed by atoms with Crippen LogP contribution in [0.5, 0.6) is 5.75 Å². The minimum atomic E-state index is 0.0693. The van der Waals surface area contributed by atoms with Crippen molar-refractivity contribution in [1.29, 1.82) is 0 Å². The molecule has 1 saturated heterocycles. The molecular formula is C16H21N3O2. The Hall–Kier alpha value is -2.04. The van der Waals surface area contributed by atoms with Crippen LogP contribution in [0.15, 0.2) is 18.3 Å². The topological polar surface area (TPSA) is 46.8 Å². The summed E-state index contributed by atoms with van der Waals surface area (Å²) in [5.41, 5.74) is 2.10. The highest BCUT2D eigenvalue weighted by Gasteiger charge is 2.26. The normalized spacial score (nSPS) is 19.0. The van der Waals surface area contributed by atoms with E-state index in [9.17, 15) is 4.79 Å². The number of ether oxygens (including phenoxy) is 1. The van der Waals surface area contributed by atoms with Crippen molar-refractivity contribution in [3.63, 3.8) is 0 Å². The van der Waals surface area contributed by atoms with E-state index in [2.05, 4.69) is 11.9 Å². The summed E-state index contributed by atoms with van der Waals surface area (Å²) in [6, 6.07) is 3.74. The van der Waals surface area contributed by atoms with E-state index in [4.69, 9.17) is 4.74 Å². The SMILES string of the molecule is COc1cccn2c(C(=O)N3CCCC(C)C3)c(C)nc12. The largest absolute Gasteiger partial charge is 0.493 e. The summed E-state index contributed by atoms with van der Waals surface area (Å²) >= 11 is 0. The lowest BCUT2D eigenvalue weighted by Gasteiger charge is -2.30. The second kappa shape index (κ2) is 5.39. The molecule has 0 bridgehead atoms. The van der Waals surface area contributed by atoms with Crippen LogP contribution >= 0.6 is 0 Å². The van der Waals surface area contributed by atoms with Gasteiger partial charge in [-0.05, 0) is 37.8 Å². The lowest BCUT2D eigenvalue weighted by molar-refractivity contribution is 0.0675. The van der Waals surface area contributed by atoms with Crippen LogP contribution in [0.25, 0.3) is 5.65 Å². The molecule has 1 aliphatic rings. The Morgan fingerprint density at radius 1 is 1.48 bits per heavy atom. The lowest BCUT2D eigenvalue weighted by atomic mass is 10.00. The molecule has 0 aromatic carbocycles. The Bertz CT molecular complexity index is 677. The molecular weight excluding hydrogens is 266 g/mol. The molecule has 21 heavy (non-hydrogen) atoms. The van der Waals surface area contributed by atoms with Crippen molar-refractivity contribution >= 4 is 11.6 Å². The molecule has 0 saturated carbocycles. The van der Waals surface area contributed by atoms with Crippen LogP contribution in [0.4, 0.5) is 0 Å². The van der Waals surface area contributed by atoms with E-state index in [-0.39, 0.29) is 5.91 Å². The standard InChI is InChI=1S/C16H21N3O2/c1-11-6-4-8-18(10-11)16(20)14-12(2)17-15-13(21-3)7-5-9-19(14)15/h5,7,9,11H,4,6,8,10H2,1-3H3. The number of imidazole rings is 1. The van der Waals surface area contributed by atoms with Crippen LogP contribution in [0.3, 0.4) is 0 Å². The summed E-state index contributed by atoms with van der Waals surface area (Å²) < 4.78 is 7.17. The molecule has 5 heteroatoms. The molecule has 3 heterocycles. The number of piperidine rings is 1. The molecule has 1 atom stereocenters. The van der Waals surface area contributed by atoms with Crippen LogP contribution < -0.4 is 4.74 Å². The second-order valence-corrected chi connectivity index (χ2v) is 5.81. The number of fused-ring (bicyclic) bond motifs is 1. The minimum Gasteiger partial charge on any atom is -0.493 e. The first-order chi connectivity index (χ1) is 10.1. The van der Waals surface area contributed by atoms with Crippen molar-refractivity contribution in [3.05, 3.63) is 29.7 Å². The van der Waals surface area contributed by atoms with Gasteiger partial charge >= 0.3 is 0 Å². The van der Waals surface area contributed by atoms with Gasteiger partial charge in [-0.25, -0.2) is 4.98 Å². The molecule has 0 aliphatic carbocycles. The van der Waals surface area contributed by atoms with Gasteiger partial charge in [0.1, 0.15) is 5.69 Å². The zero-order valence-corrected chi connectivity index (χ0v) is 12.8. The first kappa shape index (κ1) is 13.9. The van der Waals surface area contributed by atoms with Crippen molar-refractivity contribution < 1.29 is 9.53 Å². The van der Waals surface area contributed by atoms with Crippen LogP contribution in [0.2, 0.25) is 0 Å². The Kier molecular flexibility index (Phi) is 3.57. The summed E-state index contributed by atoms with van der Waals surface area (Å²) in [7, 11) is 1.62. The number of hydrogen-bond acceptors (Lipinski definition) is 3. The molecule has 1 aliphatic heterocycles. The highest BCUT2D eigenvalue weighted by Crippen LogP contribution is 2.24. The zero-order valence-electron chi connectivity index (χ0n) is 12.8. The number of methoxy groups -OCH3 is 1. The maximum Gasteiger partial charge on any atom is 0.272 e. The van der Waals surface area contributed by atoms with Crippen LogP contribution in [-0.4, -0.2) is 40.4 Å². The number of nitrogens with zero attached hydrogens (tertiary/aromatic N) is 3. The molecule has 2 aromatic rings. The lowest BCUT2D eigenvalue weighted by Crippen LogP contribution is -2.39. The molecule has 0 N–H and O–H groups in total. The van der Waals surface area contributed by atoms with Crippen molar-refractivity contribution in [2.24, 2.45) is 5.92 Å². The molecule has 3 rings (SSSR count). The maximum absolute atomic E-state index is 12.9. The summed E-state index contributed by atoms with van der Waals surface area (Å²) in [5.74, 6) is 1.32. The first-order valence-corrected chi connectivity index (χ1v) is 7.42. The molecule has 0 radical (unpaired) electrons. The van der Waals surface area contributed by atoms with Gasteiger partial charge in [-0.1, -0.05) is 6.92 Å². The van der Waals surface area contributed by atoms with Crippen LogP contribution in [0.1, 0.15) is 35.9 Å². The first-order valence-electron chi connectivity index (χ1n) is 7.42. The molecule has 1 amide bonds. The van der Waals surface area contributed by atoms with Crippen molar-refractivity contribution in [1.82, 2.24) is 14.3 Å². The van der Waals surface area contributed by atoms with E-state index >= 15 is 0 Å². The summed E-state index contributed by atoms with van der Waals surface area (Å²) in [5, 5.41) is 0. The number of amides is 1. The number of pyridine rings is 1. The van der Waals surface area contributed by atoms with Gasteiger partial charge in [0.2, 0.25) is 0 Å². The average Bonchev–Trinajstić information content (AvgIpc) is 2.82. The van der Waals surface area contributed by atoms with Gasteiger partial charge in [0.05, 0.1) is 12.8 Å². The quantitative estimate of drug-likeness (QED) is 0.852. The van der Waals surface area contributed by atoms with Gasteiger partial charge in [0, 0.05) is 19.3 Å².